The van der Waals surface area contributed by atoms with E-state index >= 15 is 0 Å². The molecule has 19 heavy (non-hydrogen) atoms. The van der Waals surface area contributed by atoms with Gasteiger partial charge in [0.1, 0.15) is 0 Å². The molecule has 1 aromatic carbocycles. The van der Waals surface area contributed by atoms with Crippen molar-refractivity contribution < 1.29 is 0 Å². The minimum atomic E-state index is -0.0924. The Morgan fingerprint density at radius 3 is 2.58 bits per heavy atom. The van der Waals surface area contributed by atoms with Crippen molar-refractivity contribution >= 4 is 15.9 Å². The van der Waals surface area contributed by atoms with Gasteiger partial charge in [-0.05, 0) is 31.4 Å². The van der Waals surface area contributed by atoms with Crippen LogP contribution in [0.3, 0.4) is 0 Å². The summed E-state index contributed by atoms with van der Waals surface area (Å²) in [6.45, 7) is 8.47. The Balaban J connectivity index is 2.68. The molecule has 0 aliphatic rings. The van der Waals surface area contributed by atoms with Crippen LogP contribution in [-0.2, 0) is 5.41 Å². The lowest BCUT2D eigenvalue weighted by Gasteiger charge is -2.23. The van der Waals surface area contributed by atoms with Crippen molar-refractivity contribution in [2.24, 2.45) is 0 Å². The van der Waals surface area contributed by atoms with Crippen LogP contribution >= 0.6 is 15.9 Å². The third-order valence-electron chi connectivity index (χ3n) is 3.57. The zero-order valence-electron chi connectivity index (χ0n) is 12.2. The number of hydrogen-bond acceptors (Lipinski definition) is 0. The highest BCUT2D eigenvalue weighted by atomic mass is 79.9. The van der Waals surface area contributed by atoms with Crippen molar-refractivity contribution in [2.45, 2.75) is 51.4 Å². The summed E-state index contributed by atoms with van der Waals surface area (Å²) in [5, 5.41) is 0. The maximum absolute atomic E-state index is 4.01. The fraction of sp³-hybridized carbons (Fsp3) is 0.444. The van der Waals surface area contributed by atoms with Crippen LogP contribution in [-0.4, -0.2) is 0 Å². The summed E-state index contributed by atoms with van der Waals surface area (Å²) in [6, 6.07) is 8.38. The van der Waals surface area contributed by atoms with Crippen LogP contribution in [0.5, 0.6) is 0 Å². The molecule has 0 spiro atoms. The molecule has 0 heterocycles. The highest BCUT2D eigenvalue weighted by Gasteiger charge is 2.21. The maximum Gasteiger partial charge on any atom is 0.0292 e. The van der Waals surface area contributed by atoms with Gasteiger partial charge < -0.3 is 0 Å². The minimum Gasteiger partial charge on any atom is -0.102 e. The summed E-state index contributed by atoms with van der Waals surface area (Å²) in [6.07, 6.45) is 13.0. The van der Waals surface area contributed by atoms with E-state index in [0.29, 0.717) is 0 Å². The zero-order valence-corrected chi connectivity index (χ0v) is 13.7. The molecular weight excluding hydrogens is 296 g/mol. The van der Waals surface area contributed by atoms with E-state index in [1.54, 1.807) is 0 Å². The molecular formula is C18H25Br. The highest BCUT2D eigenvalue weighted by Crippen LogP contribution is 2.32. The third-order valence-corrected chi connectivity index (χ3v) is 4.26. The van der Waals surface area contributed by atoms with Crippen molar-refractivity contribution in [1.29, 1.82) is 0 Å². The molecule has 1 atom stereocenters. The van der Waals surface area contributed by atoms with Crippen LogP contribution < -0.4 is 0 Å². The summed E-state index contributed by atoms with van der Waals surface area (Å²) in [4.78, 5) is 0. The van der Waals surface area contributed by atoms with E-state index in [-0.39, 0.29) is 5.41 Å². The molecule has 0 aliphatic heterocycles. The monoisotopic (exact) mass is 320 g/mol. The Morgan fingerprint density at radius 2 is 1.95 bits per heavy atom. The lowest BCUT2D eigenvalue weighted by molar-refractivity contribution is 0.670. The van der Waals surface area contributed by atoms with Gasteiger partial charge in [0, 0.05) is 9.89 Å². The minimum absolute atomic E-state index is 0.0924. The topological polar surface area (TPSA) is 0 Å². The molecule has 1 heteroatoms. The highest BCUT2D eigenvalue weighted by molar-refractivity contribution is 9.10. The molecule has 0 amide bonds. The fourth-order valence-corrected chi connectivity index (χ4v) is 2.89. The van der Waals surface area contributed by atoms with Gasteiger partial charge >= 0.3 is 0 Å². The molecule has 1 rings (SSSR count). The van der Waals surface area contributed by atoms with Crippen molar-refractivity contribution in [3.05, 3.63) is 59.1 Å². The van der Waals surface area contributed by atoms with Crippen LogP contribution in [0.15, 0.2) is 53.5 Å². The molecule has 0 saturated carbocycles. The molecule has 1 aromatic rings. The first-order valence-corrected chi connectivity index (χ1v) is 7.99. The average Bonchev–Trinajstić information content (AvgIpc) is 2.43. The van der Waals surface area contributed by atoms with Crippen molar-refractivity contribution in [1.82, 2.24) is 0 Å². The van der Waals surface area contributed by atoms with Gasteiger partial charge in [0.2, 0.25) is 0 Å². The van der Waals surface area contributed by atoms with Crippen molar-refractivity contribution in [3.8, 4) is 0 Å². The summed E-state index contributed by atoms with van der Waals surface area (Å²) in [5.41, 5.74) is 1.18. The number of hydrogen-bond donors (Lipinski definition) is 0. The molecule has 0 nitrogen and oxygen atoms in total. The van der Waals surface area contributed by atoms with Crippen LogP contribution in [0.25, 0.3) is 0 Å². The number of unbranched alkanes of at least 4 members (excludes halogenated alkanes) is 4. The molecule has 0 bridgehead atoms. The fourth-order valence-electron chi connectivity index (χ4n) is 2.18. The summed E-state index contributed by atoms with van der Waals surface area (Å²) in [5.74, 6) is 0. The van der Waals surface area contributed by atoms with E-state index in [0.717, 1.165) is 10.9 Å². The average molecular weight is 321 g/mol. The first-order valence-electron chi connectivity index (χ1n) is 7.20. The molecule has 0 saturated heterocycles. The van der Waals surface area contributed by atoms with Gasteiger partial charge in [0.05, 0.1) is 0 Å². The van der Waals surface area contributed by atoms with E-state index in [1.807, 2.05) is 12.1 Å². The molecule has 0 aliphatic carbocycles. The second-order valence-electron chi connectivity index (χ2n) is 5.22. The van der Waals surface area contributed by atoms with Crippen molar-refractivity contribution in [3.63, 3.8) is 0 Å². The number of halogens is 1. The normalized spacial score (nSPS) is 14.5. The van der Waals surface area contributed by atoms with E-state index in [4.69, 9.17) is 0 Å². The Morgan fingerprint density at radius 1 is 1.21 bits per heavy atom. The molecule has 0 radical (unpaired) electrons. The Labute approximate surface area is 126 Å². The van der Waals surface area contributed by atoms with Gasteiger partial charge in [0.15, 0.2) is 0 Å². The van der Waals surface area contributed by atoms with Crippen LogP contribution in [0.4, 0.5) is 0 Å². The molecule has 0 N–H and O–H groups in total. The number of allylic oxidation sites excluding steroid dienone is 3. The smallest absolute Gasteiger partial charge is 0.0292 e. The molecule has 104 valence electrons. The number of rotatable bonds is 8. The molecule has 0 aromatic heterocycles. The standard InChI is InChI=1S/C18H25Br/c1-4-6-7-8-9-12-15-18(3,5-2)16-13-10-11-14-17(16)19/h5,10-15H,2,4,6-9H2,1,3H3/b15-12+/t18-/m1/s1. The Bertz CT molecular complexity index is 419. The predicted molar refractivity (Wildman–Crippen MR) is 89.6 cm³/mol. The van der Waals surface area contributed by atoms with E-state index in [1.165, 1.54) is 31.2 Å². The first-order chi connectivity index (χ1) is 9.14. The molecule has 0 unspecified atom stereocenters. The van der Waals surface area contributed by atoms with Crippen molar-refractivity contribution in [2.75, 3.05) is 0 Å². The molecule has 0 fully saturated rings. The Hall–Kier alpha value is -0.820. The van der Waals surface area contributed by atoms with Gasteiger partial charge in [-0.2, -0.15) is 0 Å². The lowest BCUT2D eigenvalue weighted by Crippen LogP contribution is -2.15. The summed E-state index contributed by atoms with van der Waals surface area (Å²) < 4.78 is 1.15. The second-order valence-corrected chi connectivity index (χ2v) is 6.07. The second kappa shape index (κ2) is 8.37. The van der Waals surface area contributed by atoms with Gasteiger partial charge in [-0.25, -0.2) is 0 Å². The lowest BCUT2D eigenvalue weighted by atomic mass is 9.82. The van der Waals surface area contributed by atoms with Crippen LogP contribution in [0, 0.1) is 0 Å². The van der Waals surface area contributed by atoms with E-state index < -0.39 is 0 Å². The Kier molecular flexibility index (Phi) is 7.15. The summed E-state index contributed by atoms with van der Waals surface area (Å²) in [7, 11) is 0. The van der Waals surface area contributed by atoms with Crippen LogP contribution in [0.1, 0.15) is 51.5 Å². The predicted octanol–water partition coefficient (Wildman–Crippen LogP) is 6.42. The zero-order chi connectivity index (χ0) is 14.1. The largest absolute Gasteiger partial charge is 0.102 e. The third kappa shape index (κ3) is 4.99. The maximum atomic E-state index is 4.01. The van der Waals surface area contributed by atoms with Gasteiger partial charge in [0.25, 0.3) is 0 Å². The van der Waals surface area contributed by atoms with Gasteiger partial charge in [-0.1, -0.05) is 78.5 Å². The quantitative estimate of drug-likeness (QED) is 0.383. The first kappa shape index (κ1) is 16.2. The van der Waals surface area contributed by atoms with Crippen LogP contribution in [0.2, 0.25) is 0 Å². The van der Waals surface area contributed by atoms with E-state index in [2.05, 4.69) is 66.7 Å². The number of benzene rings is 1. The summed E-state index contributed by atoms with van der Waals surface area (Å²) >= 11 is 3.63. The van der Waals surface area contributed by atoms with Gasteiger partial charge in [-0.15, -0.1) is 6.58 Å². The van der Waals surface area contributed by atoms with Gasteiger partial charge in [-0.3, -0.25) is 0 Å². The SMILES string of the molecule is C=C[C@](C)(/C=C/CCCCCC)c1ccccc1Br. The van der Waals surface area contributed by atoms with E-state index in [9.17, 15) is 0 Å².